The van der Waals surface area contributed by atoms with E-state index in [4.69, 9.17) is 17.3 Å². The molecule has 114 valence electrons. The molecule has 20 heavy (non-hydrogen) atoms. The van der Waals surface area contributed by atoms with Crippen LogP contribution in [0, 0.1) is 5.82 Å². The van der Waals surface area contributed by atoms with Gasteiger partial charge in [0.15, 0.2) is 0 Å². The summed E-state index contributed by atoms with van der Waals surface area (Å²) < 4.78 is 40.3. The van der Waals surface area contributed by atoms with Gasteiger partial charge in [0, 0.05) is 0 Å². The van der Waals surface area contributed by atoms with E-state index in [0.29, 0.717) is 12.8 Å². The second kappa shape index (κ2) is 6.26. The Kier molecular flexibility index (Phi) is 5.37. The second-order valence-corrected chi connectivity index (χ2v) is 6.61. The molecule has 0 aromatic heterocycles. The first-order valence-corrected chi connectivity index (χ1v) is 7.97. The van der Waals surface area contributed by atoms with E-state index < -0.39 is 21.4 Å². The molecule has 0 aliphatic carbocycles. The Hall–Kier alpha value is -0.890. The number of halogens is 2. The van der Waals surface area contributed by atoms with Crippen molar-refractivity contribution in [3.05, 3.63) is 23.0 Å². The van der Waals surface area contributed by atoms with Gasteiger partial charge in [-0.2, -0.15) is 0 Å². The van der Waals surface area contributed by atoms with Crippen molar-refractivity contribution < 1.29 is 17.9 Å². The van der Waals surface area contributed by atoms with E-state index in [1.54, 1.807) is 13.8 Å². The molecule has 0 bridgehead atoms. The molecule has 0 spiro atoms. The van der Waals surface area contributed by atoms with Crippen molar-refractivity contribution in [1.29, 1.82) is 0 Å². The average Bonchev–Trinajstić information content (AvgIpc) is 2.40. The van der Waals surface area contributed by atoms with Gasteiger partial charge in [-0.15, -0.1) is 0 Å². The molecule has 4 N–H and O–H groups in total. The lowest BCUT2D eigenvalue weighted by molar-refractivity contribution is 0.172. The normalized spacial score (nSPS) is 12.7. The Labute approximate surface area is 123 Å². The van der Waals surface area contributed by atoms with Gasteiger partial charge in [-0.25, -0.2) is 17.5 Å². The van der Waals surface area contributed by atoms with Crippen molar-refractivity contribution in [2.45, 2.75) is 37.1 Å². The number of sulfonamides is 1. The van der Waals surface area contributed by atoms with Gasteiger partial charge >= 0.3 is 0 Å². The van der Waals surface area contributed by atoms with E-state index in [1.807, 2.05) is 0 Å². The number of hydrogen-bond acceptors (Lipinski definition) is 4. The van der Waals surface area contributed by atoms with Gasteiger partial charge in [-0.1, -0.05) is 25.4 Å². The van der Waals surface area contributed by atoms with E-state index in [1.165, 1.54) is 0 Å². The highest BCUT2D eigenvalue weighted by molar-refractivity contribution is 7.89. The first-order chi connectivity index (χ1) is 9.21. The lowest BCUT2D eigenvalue weighted by atomic mass is 9.96. The Morgan fingerprint density at radius 3 is 2.40 bits per heavy atom. The van der Waals surface area contributed by atoms with Crippen LogP contribution in [0.3, 0.4) is 0 Å². The molecule has 1 rings (SSSR count). The van der Waals surface area contributed by atoms with E-state index >= 15 is 0 Å². The molecule has 0 aliphatic heterocycles. The van der Waals surface area contributed by atoms with Gasteiger partial charge in [0.05, 0.1) is 22.9 Å². The number of nitrogens with one attached hydrogen (secondary N) is 1. The van der Waals surface area contributed by atoms with Crippen molar-refractivity contribution in [3.63, 3.8) is 0 Å². The predicted molar refractivity (Wildman–Crippen MR) is 76.5 cm³/mol. The minimum Gasteiger partial charge on any atom is -0.396 e. The standard InChI is InChI=1S/C12H18ClFN2O3S/c1-3-12(4-2,7-17)16-20(18,19)11-6-10(15)9(14)5-8(11)13/h5-6,16-17H,3-4,7,15H2,1-2H3. The molecule has 0 fully saturated rings. The van der Waals surface area contributed by atoms with Crippen molar-refractivity contribution >= 4 is 27.3 Å². The highest BCUT2D eigenvalue weighted by atomic mass is 35.5. The quantitative estimate of drug-likeness (QED) is 0.697. The van der Waals surface area contributed by atoms with Crippen LogP contribution in [0.1, 0.15) is 26.7 Å². The van der Waals surface area contributed by atoms with Crippen molar-refractivity contribution in [2.24, 2.45) is 0 Å². The molecule has 0 amide bonds. The van der Waals surface area contributed by atoms with Crippen LogP contribution in [-0.4, -0.2) is 25.7 Å². The summed E-state index contributed by atoms with van der Waals surface area (Å²) in [6.07, 6.45) is 0.793. The molecule has 1 aromatic rings. The molecule has 0 aliphatic rings. The van der Waals surface area contributed by atoms with Gasteiger partial charge in [-0.3, -0.25) is 0 Å². The van der Waals surface area contributed by atoms with E-state index in [-0.39, 0.29) is 22.2 Å². The van der Waals surface area contributed by atoms with Crippen LogP contribution in [0.5, 0.6) is 0 Å². The number of nitrogens with two attached hydrogens (primary N) is 1. The average molecular weight is 325 g/mol. The molecule has 0 unspecified atom stereocenters. The second-order valence-electron chi connectivity index (χ2n) is 4.56. The van der Waals surface area contributed by atoms with Crippen LogP contribution in [-0.2, 0) is 10.0 Å². The zero-order valence-electron chi connectivity index (χ0n) is 11.3. The van der Waals surface area contributed by atoms with Gasteiger partial charge in [-0.05, 0) is 25.0 Å². The van der Waals surface area contributed by atoms with Crippen molar-refractivity contribution in [3.8, 4) is 0 Å². The maximum Gasteiger partial charge on any atom is 0.242 e. The molecule has 0 saturated heterocycles. The van der Waals surface area contributed by atoms with E-state index in [0.717, 1.165) is 12.1 Å². The summed E-state index contributed by atoms with van der Waals surface area (Å²) in [5.74, 6) is -0.784. The number of hydrogen-bond donors (Lipinski definition) is 3. The molecule has 0 heterocycles. The molecular formula is C12H18ClFN2O3S. The third kappa shape index (κ3) is 3.41. The zero-order chi connectivity index (χ0) is 15.6. The smallest absolute Gasteiger partial charge is 0.242 e. The fourth-order valence-electron chi connectivity index (χ4n) is 1.74. The lowest BCUT2D eigenvalue weighted by Crippen LogP contribution is -2.50. The molecular weight excluding hydrogens is 307 g/mol. The highest BCUT2D eigenvalue weighted by Gasteiger charge is 2.32. The Morgan fingerprint density at radius 1 is 1.40 bits per heavy atom. The third-order valence-electron chi connectivity index (χ3n) is 3.35. The Morgan fingerprint density at radius 2 is 1.95 bits per heavy atom. The van der Waals surface area contributed by atoms with Crippen LogP contribution in [0.2, 0.25) is 5.02 Å². The summed E-state index contributed by atoms with van der Waals surface area (Å²) in [7, 11) is -4.01. The van der Waals surface area contributed by atoms with E-state index in [9.17, 15) is 17.9 Å². The predicted octanol–water partition coefficient (Wildman–Crippen LogP) is 1.89. The highest BCUT2D eigenvalue weighted by Crippen LogP contribution is 2.28. The number of nitrogen functional groups attached to an aromatic ring is 1. The lowest BCUT2D eigenvalue weighted by Gasteiger charge is -2.30. The van der Waals surface area contributed by atoms with Crippen LogP contribution >= 0.6 is 11.6 Å². The fourth-order valence-corrected chi connectivity index (χ4v) is 3.83. The monoisotopic (exact) mass is 324 g/mol. The molecule has 8 heteroatoms. The number of rotatable bonds is 6. The van der Waals surface area contributed by atoms with Crippen LogP contribution in [0.25, 0.3) is 0 Å². The third-order valence-corrected chi connectivity index (χ3v) is 5.39. The van der Waals surface area contributed by atoms with Gasteiger partial charge in [0.1, 0.15) is 10.7 Å². The minimum absolute atomic E-state index is 0.261. The van der Waals surface area contributed by atoms with Crippen LogP contribution < -0.4 is 10.5 Å². The minimum atomic E-state index is -4.01. The maximum atomic E-state index is 13.2. The van der Waals surface area contributed by atoms with Crippen LogP contribution in [0.4, 0.5) is 10.1 Å². The van der Waals surface area contributed by atoms with Crippen molar-refractivity contribution in [1.82, 2.24) is 4.72 Å². The number of aliphatic hydroxyl groups is 1. The fraction of sp³-hybridized carbons (Fsp3) is 0.500. The summed E-state index contributed by atoms with van der Waals surface area (Å²) >= 11 is 5.77. The number of benzene rings is 1. The molecule has 0 radical (unpaired) electrons. The summed E-state index contributed by atoms with van der Waals surface area (Å²) in [4.78, 5) is -0.308. The topological polar surface area (TPSA) is 92.4 Å². The number of aliphatic hydroxyl groups excluding tert-OH is 1. The van der Waals surface area contributed by atoms with Gasteiger partial charge in [0.2, 0.25) is 10.0 Å². The van der Waals surface area contributed by atoms with Gasteiger partial charge in [0.25, 0.3) is 0 Å². The molecule has 5 nitrogen and oxygen atoms in total. The Balaban J connectivity index is 3.28. The summed E-state index contributed by atoms with van der Waals surface area (Å²) in [6.45, 7) is 3.15. The van der Waals surface area contributed by atoms with Crippen LogP contribution in [0.15, 0.2) is 17.0 Å². The largest absolute Gasteiger partial charge is 0.396 e. The summed E-state index contributed by atoms with van der Waals surface area (Å²) in [6, 6.07) is 1.82. The first-order valence-electron chi connectivity index (χ1n) is 6.10. The van der Waals surface area contributed by atoms with Gasteiger partial charge < -0.3 is 10.8 Å². The zero-order valence-corrected chi connectivity index (χ0v) is 12.9. The Bertz CT molecular complexity index is 580. The van der Waals surface area contributed by atoms with Crippen molar-refractivity contribution in [2.75, 3.05) is 12.3 Å². The van der Waals surface area contributed by atoms with E-state index in [2.05, 4.69) is 4.72 Å². The first kappa shape index (κ1) is 17.2. The molecule has 0 atom stereocenters. The molecule has 0 saturated carbocycles. The SMILES string of the molecule is CCC(CC)(CO)NS(=O)(=O)c1cc(N)c(F)cc1Cl. The number of anilines is 1. The summed E-state index contributed by atoms with van der Waals surface area (Å²) in [5.41, 5.74) is 4.08. The molecule has 1 aromatic carbocycles. The maximum absolute atomic E-state index is 13.2. The summed E-state index contributed by atoms with van der Waals surface area (Å²) in [5, 5.41) is 9.15.